The van der Waals surface area contributed by atoms with Crippen LogP contribution < -0.4 is 5.32 Å². The number of thioether (sulfide) groups is 1. The number of carbonyl (C=O) groups is 1. The number of nitrogens with zero attached hydrogens (tertiary/aromatic N) is 3. The number of ether oxygens (including phenoxy) is 1. The van der Waals surface area contributed by atoms with Crippen LogP contribution >= 0.6 is 23.4 Å². The maximum absolute atomic E-state index is 13.1. The Balaban J connectivity index is 1.55. The second kappa shape index (κ2) is 9.59. The van der Waals surface area contributed by atoms with Gasteiger partial charge >= 0.3 is 0 Å². The van der Waals surface area contributed by atoms with Gasteiger partial charge in [-0.1, -0.05) is 16.8 Å². The summed E-state index contributed by atoms with van der Waals surface area (Å²) in [4.78, 5) is 14.0. The second-order valence-corrected chi connectivity index (χ2v) is 8.39. The van der Waals surface area contributed by atoms with Gasteiger partial charge in [0.25, 0.3) is 5.91 Å². The number of hydrogen-bond donors (Lipinski definition) is 1. The topological polar surface area (TPSA) is 69.0 Å². The fourth-order valence-corrected chi connectivity index (χ4v) is 4.16. The van der Waals surface area contributed by atoms with Gasteiger partial charge in [0.05, 0.1) is 12.6 Å². The molecule has 0 bridgehead atoms. The van der Waals surface area contributed by atoms with E-state index in [1.54, 1.807) is 41.1 Å². The van der Waals surface area contributed by atoms with E-state index in [2.05, 4.69) is 15.6 Å². The molecule has 156 valence electrons. The van der Waals surface area contributed by atoms with E-state index < -0.39 is 0 Å². The SMILES string of the molecule is O=C(Nc1ccc(Cl)cc1)c1c(CSc2ccc(F)cc2)nnn1CC1CCCO1. The van der Waals surface area contributed by atoms with E-state index in [0.29, 0.717) is 34.4 Å². The molecule has 9 heteroatoms. The molecule has 1 saturated heterocycles. The van der Waals surface area contributed by atoms with Crippen LogP contribution in [-0.4, -0.2) is 33.6 Å². The molecule has 2 heterocycles. The second-order valence-electron chi connectivity index (χ2n) is 6.91. The number of nitrogens with one attached hydrogen (secondary N) is 1. The molecule has 30 heavy (non-hydrogen) atoms. The first-order valence-corrected chi connectivity index (χ1v) is 10.9. The Morgan fingerprint density at radius 1 is 1.23 bits per heavy atom. The van der Waals surface area contributed by atoms with Gasteiger partial charge in [0.1, 0.15) is 11.5 Å². The van der Waals surface area contributed by atoms with Gasteiger partial charge in [0.2, 0.25) is 0 Å². The van der Waals surface area contributed by atoms with Crippen LogP contribution in [0, 0.1) is 5.82 Å². The molecule has 2 aromatic carbocycles. The molecule has 1 aliphatic heterocycles. The van der Waals surface area contributed by atoms with Gasteiger partial charge in [-0.3, -0.25) is 4.79 Å². The molecular formula is C21H20ClFN4O2S. The van der Waals surface area contributed by atoms with Crippen LogP contribution in [0.4, 0.5) is 10.1 Å². The Labute approximate surface area is 182 Å². The van der Waals surface area contributed by atoms with Crippen molar-refractivity contribution in [2.45, 2.75) is 36.1 Å². The molecule has 0 spiro atoms. The smallest absolute Gasteiger partial charge is 0.275 e. The van der Waals surface area contributed by atoms with E-state index >= 15 is 0 Å². The van der Waals surface area contributed by atoms with Crippen LogP contribution in [0.2, 0.25) is 5.02 Å². The molecule has 6 nitrogen and oxygen atoms in total. The first kappa shape index (κ1) is 20.8. The number of carbonyl (C=O) groups excluding carboxylic acids is 1. The minimum absolute atomic E-state index is 0.0198. The van der Waals surface area contributed by atoms with Gasteiger partial charge in [-0.15, -0.1) is 16.9 Å². The van der Waals surface area contributed by atoms with Crippen molar-refractivity contribution in [3.63, 3.8) is 0 Å². The summed E-state index contributed by atoms with van der Waals surface area (Å²) in [5.74, 6) is -0.152. The summed E-state index contributed by atoms with van der Waals surface area (Å²) in [6.45, 7) is 1.19. The molecule has 1 amide bonds. The summed E-state index contributed by atoms with van der Waals surface area (Å²) < 4.78 is 20.5. The highest BCUT2D eigenvalue weighted by Crippen LogP contribution is 2.25. The minimum Gasteiger partial charge on any atom is -0.376 e. The Hall–Kier alpha value is -2.42. The number of rotatable bonds is 7. The van der Waals surface area contributed by atoms with Crippen molar-refractivity contribution in [1.82, 2.24) is 15.0 Å². The number of hydrogen-bond acceptors (Lipinski definition) is 5. The fraction of sp³-hybridized carbons (Fsp3) is 0.286. The zero-order chi connectivity index (χ0) is 20.9. The van der Waals surface area contributed by atoms with Gasteiger partial charge in [0.15, 0.2) is 5.69 Å². The van der Waals surface area contributed by atoms with Crippen LogP contribution in [0.25, 0.3) is 0 Å². The Kier molecular flexibility index (Phi) is 6.66. The predicted octanol–water partition coefficient (Wildman–Crippen LogP) is 4.79. The molecule has 1 aromatic heterocycles. The van der Waals surface area contributed by atoms with Crippen molar-refractivity contribution in [3.8, 4) is 0 Å². The normalized spacial score (nSPS) is 16.0. The van der Waals surface area contributed by atoms with Gasteiger partial charge in [-0.05, 0) is 61.4 Å². The van der Waals surface area contributed by atoms with Crippen molar-refractivity contribution in [2.24, 2.45) is 0 Å². The molecule has 0 radical (unpaired) electrons. The average molecular weight is 447 g/mol. The van der Waals surface area contributed by atoms with E-state index in [4.69, 9.17) is 16.3 Å². The molecule has 1 aliphatic rings. The molecule has 3 aromatic rings. The Morgan fingerprint density at radius 2 is 2.00 bits per heavy atom. The van der Waals surface area contributed by atoms with E-state index in [-0.39, 0.29) is 17.8 Å². The van der Waals surface area contributed by atoms with Crippen molar-refractivity contribution >= 4 is 35.0 Å². The lowest BCUT2D eigenvalue weighted by Gasteiger charge is -2.12. The highest BCUT2D eigenvalue weighted by molar-refractivity contribution is 7.98. The number of halogens is 2. The number of benzene rings is 2. The van der Waals surface area contributed by atoms with Crippen molar-refractivity contribution in [1.29, 1.82) is 0 Å². The zero-order valence-corrected chi connectivity index (χ0v) is 17.6. The molecule has 4 rings (SSSR count). The third-order valence-corrected chi connectivity index (χ3v) is 5.99. The van der Waals surface area contributed by atoms with Gasteiger partial charge in [-0.25, -0.2) is 9.07 Å². The lowest BCUT2D eigenvalue weighted by atomic mass is 10.2. The standard InChI is InChI=1S/C21H20ClFN4O2S/c22-14-3-7-16(8-4-14)24-21(28)20-19(13-30-18-9-5-15(23)6-10-18)25-26-27(20)12-17-2-1-11-29-17/h3-10,17H,1-2,11-13H2,(H,24,28). The van der Waals surface area contributed by atoms with Crippen molar-refractivity contribution < 1.29 is 13.9 Å². The Morgan fingerprint density at radius 3 is 2.70 bits per heavy atom. The highest BCUT2D eigenvalue weighted by atomic mass is 35.5. The first-order valence-electron chi connectivity index (χ1n) is 9.58. The zero-order valence-electron chi connectivity index (χ0n) is 16.1. The van der Waals surface area contributed by atoms with Gasteiger partial charge in [-0.2, -0.15) is 0 Å². The molecular weight excluding hydrogens is 427 g/mol. The summed E-state index contributed by atoms with van der Waals surface area (Å²) in [5.41, 5.74) is 1.59. The molecule has 1 atom stereocenters. The Bertz CT molecular complexity index is 1000. The predicted molar refractivity (Wildman–Crippen MR) is 114 cm³/mol. The molecule has 1 fully saturated rings. The van der Waals surface area contributed by atoms with Crippen LogP contribution in [-0.2, 0) is 17.0 Å². The summed E-state index contributed by atoms with van der Waals surface area (Å²) in [6.07, 6.45) is 1.95. The van der Waals surface area contributed by atoms with Gasteiger partial charge in [0, 0.05) is 28.0 Å². The summed E-state index contributed by atoms with van der Waals surface area (Å²) in [5, 5.41) is 11.9. The first-order chi connectivity index (χ1) is 14.6. The molecule has 0 saturated carbocycles. The third kappa shape index (κ3) is 5.19. The van der Waals surface area contributed by atoms with Gasteiger partial charge < -0.3 is 10.1 Å². The minimum atomic E-state index is -0.296. The van der Waals surface area contributed by atoms with Crippen LogP contribution in [0.1, 0.15) is 29.0 Å². The number of amides is 1. The summed E-state index contributed by atoms with van der Waals surface area (Å²) >= 11 is 7.39. The summed E-state index contributed by atoms with van der Waals surface area (Å²) in [7, 11) is 0. The molecule has 1 unspecified atom stereocenters. The quantitative estimate of drug-likeness (QED) is 0.528. The van der Waals surface area contributed by atoms with E-state index in [1.165, 1.54) is 23.9 Å². The van der Waals surface area contributed by atoms with Crippen LogP contribution in [0.3, 0.4) is 0 Å². The van der Waals surface area contributed by atoms with E-state index in [9.17, 15) is 9.18 Å². The third-order valence-electron chi connectivity index (χ3n) is 4.71. The molecule has 0 aliphatic carbocycles. The van der Waals surface area contributed by atoms with Crippen molar-refractivity contribution in [3.05, 3.63) is 70.8 Å². The van der Waals surface area contributed by atoms with E-state index in [0.717, 1.165) is 24.3 Å². The summed E-state index contributed by atoms with van der Waals surface area (Å²) in [6, 6.07) is 13.1. The lowest BCUT2D eigenvalue weighted by Crippen LogP contribution is -2.23. The van der Waals surface area contributed by atoms with E-state index in [1.807, 2.05) is 0 Å². The van der Waals surface area contributed by atoms with Crippen LogP contribution in [0.15, 0.2) is 53.4 Å². The largest absolute Gasteiger partial charge is 0.376 e. The van der Waals surface area contributed by atoms with Crippen molar-refractivity contribution in [2.75, 3.05) is 11.9 Å². The fourth-order valence-electron chi connectivity index (χ4n) is 3.21. The maximum atomic E-state index is 13.1. The monoisotopic (exact) mass is 446 g/mol. The average Bonchev–Trinajstić information content (AvgIpc) is 3.39. The van der Waals surface area contributed by atoms with Crippen LogP contribution in [0.5, 0.6) is 0 Å². The highest BCUT2D eigenvalue weighted by Gasteiger charge is 2.24. The number of anilines is 1. The lowest BCUT2D eigenvalue weighted by molar-refractivity contribution is 0.0899. The maximum Gasteiger partial charge on any atom is 0.275 e. The number of aromatic nitrogens is 3. The molecule has 1 N–H and O–H groups in total.